The third kappa shape index (κ3) is 7.03. The Morgan fingerprint density at radius 1 is 1.07 bits per heavy atom. The summed E-state index contributed by atoms with van der Waals surface area (Å²) >= 11 is 6.51. The van der Waals surface area contributed by atoms with Crippen molar-refractivity contribution >= 4 is 48.2 Å². The SMILES string of the molecule is CCOP(=O)(Cc1ccc(Nc2ncc(Cl)c(Nc3ccc(C4CCC(O)CC4)c4c3C(=O)N(C)C4)n2)c(OC)c1)OCC. The molecule has 2 aliphatic rings. The van der Waals surface area contributed by atoms with Crippen LogP contribution in [0.2, 0.25) is 5.02 Å². The van der Waals surface area contributed by atoms with Gasteiger partial charge < -0.3 is 34.4 Å². The highest BCUT2D eigenvalue weighted by Gasteiger charge is 2.33. The number of halogens is 1. The molecule has 0 atom stereocenters. The molecule has 236 valence electrons. The molecule has 0 saturated heterocycles. The van der Waals surface area contributed by atoms with Crippen LogP contribution >= 0.6 is 19.2 Å². The minimum Gasteiger partial charge on any atom is -0.495 e. The summed E-state index contributed by atoms with van der Waals surface area (Å²) in [6.07, 6.45) is 4.67. The normalized spacial score (nSPS) is 18.3. The van der Waals surface area contributed by atoms with E-state index in [1.165, 1.54) is 11.8 Å². The number of carbonyl (C=O) groups excluding carboxylic acids is 1. The maximum absolute atomic E-state index is 13.3. The maximum atomic E-state index is 13.3. The number of carbonyl (C=O) groups is 1. The van der Waals surface area contributed by atoms with Gasteiger partial charge in [0.2, 0.25) is 5.95 Å². The number of aromatic nitrogens is 2. The van der Waals surface area contributed by atoms with Crippen molar-refractivity contribution in [3.05, 3.63) is 63.8 Å². The second-order valence-corrected chi connectivity index (χ2v) is 13.5. The molecule has 11 nitrogen and oxygen atoms in total. The van der Waals surface area contributed by atoms with Crippen molar-refractivity contribution in [2.75, 3.05) is 38.0 Å². The lowest BCUT2D eigenvalue weighted by molar-refractivity contribution is 0.0817. The number of hydrogen-bond acceptors (Lipinski definition) is 10. The highest BCUT2D eigenvalue weighted by atomic mass is 35.5. The van der Waals surface area contributed by atoms with Gasteiger partial charge >= 0.3 is 7.60 Å². The molecule has 5 rings (SSSR count). The van der Waals surface area contributed by atoms with E-state index in [2.05, 4.69) is 26.7 Å². The summed E-state index contributed by atoms with van der Waals surface area (Å²) in [7, 11) is 0.0493. The molecule has 1 fully saturated rings. The Morgan fingerprint density at radius 3 is 2.45 bits per heavy atom. The van der Waals surface area contributed by atoms with Crippen molar-refractivity contribution in [1.29, 1.82) is 0 Å². The summed E-state index contributed by atoms with van der Waals surface area (Å²) in [4.78, 5) is 23.9. The number of nitrogens with zero attached hydrogens (tertiary/aromatic N) is 3. The number of hydrogen-bond donors (Lipinski definition) is 3. The number of anilines is 4. The van der Waals surface area contributed by atoms with Crippen LogP contribution in [0.5, 0.6) is 5.75 Å². The highest BCUT2D eigenvalue weighted by molar-refractivity contribution is 7.53. The number of aliphatic hydroxyl groups is 1. The highest BCUT2D eigenvalue weighted by Crippen LogP contribution is 2.52. The zero-order chi connectivity index (χ0) is 31.4. The fraction of sp³-hybridized carbons (Fsp3) is 0.452. The minimum atomic E-state index is -3.29. The van der Waals surface area contributed by atoms with Gasteiger partial charge in [-0.05, 0) is 80.3 Å². The van der Waals surface area contributed by atoms with Gasteiger partial charge in [-0.15, -0.1) is 0 Å². The minimum absolute atomic E-state index is 0.0632. The molecular weight excluding hydrogens is 605 g/mol. The van der Waals surface area contributed by atoms with Crippen LogP contribution in [0.15, 0.2) is 36.5 Å². The molecule has 2 aromatic carbocycles. The number of ether oxygens (including phenoxy) is 1. The van der Waals surface area contributed by atoms with Crippen LogP contribution in [0.4, 0.5) is 23.1 Å². The molecular formula is C31H39ClN5O6P. The van der Waals surface area contributed by atoms with E-state index >= 15 is 0 Å². The molecule has 1 saturated carbocycles. The summed E-state index contributed by atoms with van der Waals surface area (Å²) in [5.41, 5.74) is 4.74. The Balaban J connectivity index is 1.38. The van der Waals surface area contributed by atoms with Crippen LogP contribution in [-0.2, 0) is 26.3 Å². The van der Waals surface area contributed by atoms with Crippen LogP contribution in [-0.4, -0.2) is 59.4 Å². The predicted octanol–water partition coefficient (Wildman–Crippen LogP) is 7.00. The molecule has 0 spiro atoms. The van der Waals surface area contributed by atoms with Gasteiger partial charge in [0.05, 0.1) is 55.7 Å². The van der Waals surface area contributed by atoms with Gasteiger partial charge in [0, 0.05) is 13.6 Å². The largest absolute Gasteiger partial charge is 0.495 e. The molecule has 13 heteroatoms. The topological polar surface area (TPSA) is 135 Å². The van der Waals surface area contributed by atoms with Crippen molar-refractivity contribution in [2.45, 2.75) is 64.3 Å². The van der Waals surface area contributed by atoms with E-state index in [0.29, 0.717) is 46.0 Å². The van der Waals surface area contributed by atoms with Crippen LogP contribution in [0.25, 0.3) is 0 Å². The monoisotopic (exact) mass is 643 g/mol. The van der Waals surface area contributed by atoms with E-state index in [1.807, 2.05) is 12.1 Å². The van der Waals surface area contributed by atoms with Crippen molar-refractivity contribution in [3.8, 4) is 5.75 Å². The number of benzene rings is 2. The molecule has 1 amide bonds. The summed E-state index contributed by atoms with van der Waals surface area (Å²) in [6.45, 7) is 4.64. The van der Waals surface area contributed by atoms with E-state index in [1.54, 1.807) is 45.0 Å². The van der Waals surface area contributed by atoms with Crippen molar-refractivity contribution in [3.63, 3.8) is 0 Å². The fourth-order valence-electron chi connectivity index (χ4n) is 5.90. The summed E-state index contributed by atoms with van der Waals surface area (Å²) < 4.78 is 29.5. The van der Waals surface area contributed by atoms with Gasteiger partial charge in [0.1, 0.15) is 10.8 Å². The fourth-order valence-corrected chi connectivity index (χ4v) is 7.72. The third-order valence-corrected chi connectivity index (χ3v) is 10.3. The average molecular weight is 644 g/mol. The summed E-state index contributed by atoms with van der Waals surface area (Å²) in [5, 5.41) is 16.7. The lowest BCUT2D eigenvalue weighted by Crippen LogP contribution is -2.18. The van der Waals surface area contributed by atoms with Gasteiger partial charge in [0.15, 0.2) is 5.82 Å². The molecule has 1 aromatic heterocycles. The van der Waals surface area contributed by atoms with E-state index < -0.39 is 7.60 Å². The number of rotatable bonds is 12. The first-order chi connectivity index (χ1) is 21.1. The Labute approximate surface area is 262 Å². The smallest absolute Gasteiger partial charge is 0.335 e. The lowest BCUT2D eigenvalue weighted by Gasteiger charge is -2.27. The molecule has 0 radical (unpaired) electrons. The van der Waals surface area contributed by atoms with Gasteiger partial charge in [-0.2, -0.15) is 4.98 Å². The van der Waals surface area contributed by atoms with Crippen LogP contribution in [0, 0.1) is 0 Å². The lowest BCUT2D eigenvalue weighted by atomic mass is 9.80. The first kappa shape index (κ1) is 32.2. The zero-order valence-corrected chi connectivity index (χ0v) is 27.1. The van der Waals surface area contributed by atoms with Gasteiger partial charge in [-0.1, -0.05) is 23.7 Å². The molecule has 2 heterocycles. The Hall–Kier alpha value is -3.21. The van der Waals surface area contributed by atoms with Crippen molar-refractivity contribution in [2.24, 2.45) is 0 Å². The molecule has 1 aliphatic heterocycles. The van der Waals surface area contributed by atoms with Crippen LogP contribution < -0.4 is 15.4 Å². The van der Waals surface area contributed by atoms with Crippen molar-refractivity contribution in [1.82, 2.24) is 14.9 Å². The number of methoxy groups -OCH3 is 1. The number of aliphatic hydroxyl groups excluding tert-OH is 1. The predicted molar refractivity (Wildman–Crippen MR) is 171 cm³/mol. The van der Waals surface area contributed by atoms with Crippen LogP contribution in [0.1, 0.15) is 72.5 Å². The van der Waals surface area contributed by atoms with E-state index in [4.69, 9.17) is 25.4 Å². The number of fused-ring (bicyclic) bond motifs is 1. The first-order valence-electron chi connectivity index (χ1n) is 14.9. The number of nitrogens with one attached hydrogen (secondary N) is 2. The Kier molecular flexibility index (Phi) is 10.1. The molecule has 3 aromatic rings. The van der Waals surface area contributed by atoms with E-state index in [0.717, 1.165) is 36.8 Å². The van der Waals surface area contributed by atoms with Crippen LogP contribution in [0.3, 0.4) is 0 Å². The maximum Gasteiger partial charge on any atom is 0.335 e. The second kappa shape index (κ2) is 13.8. The first-order valence-corrected chi connectivity index (χ1v) is 17.0. The Morgan fingerprint density at radius 2 is 1.77 bits per heavy atom. The van der Waals surface area contributed by atoms with E-state index in [-0.39, 0.29) is 37.3 Å². The Bertz CT molecular complexity index is 1550. The van der Waals surface area contributed by atoms with Gasteiger partial charge in [0.25, 0.3) is 5.91 Å². The van der Waals surface area contributed by atoms with Crippen molar-refractivity contribution < 1.29 is 28.3 Å². The third-order valence-electron chi connectivity index (χ3n) is 7.98. The molecule has 1 aliphatic carbocycles. The number of amides is 1. The summed E-state index contributed by atoms with van der Waals surface area (Å²) in [5.74, 6) is 1.34. The quantitative estimate of drug-likeness (QED) is 0.177. The average Bonchev–Trinajstić information content (AvgIpc) is 3.30. The zero-order valence-electron chi connectivity index (χ0n) is 25.4. The summed E-state index contributed by atoms with van der Waals surface area (Å²) in [6, 6.07) is 9.35. The molecule has 0 bridgehead atoms. The van der Waals surface area contributed by atoms with Gasteiger partial charge in [-0.25, -0.2) is 4.98 Å². The second-order valence-electron chi connectivity index (χ2n) is 11.0. The van der Waals surface area contributed by atoms with Gasteiger partial charge in [-0.3, -0.25) is 9.36 Å². The standard InChI is InChI=1S/C31H39ClN5O6P/c1-5-42-44(40,43-6-2)18-19-7-13-25(27(15-19)41-4)35-31-33-16-24(32)29(36-31)34-26-14-12-22(20-8-10-21(38)11-9-20)23-17-37(3)30(39)28(23)26/h7,12-16,20-21,38H,5-6,8-11,17-18H2,1-4H3,(H2,33,34,35,36). The van der Waals surface area contributed by atoms with E-state index in [9.17, 15) is 14.5 Å². The molecule has 3 N–H and O–H groups in total. The molecule has 44 heavy (non-hydrogen) atoms. The molecule has 0 unspecified atom stereocenters.